The van der Waals surface area contributed by atoms with Crippen molar-refractivity contribution in [2.45, 2.75) is 0 Å². The number of aromatic nitrogens is 1. The van der Waals surface area contributed by atoms with Gasteiger partial charge in [-0.05, 0) is 12.1 Å². The molecule has 1 heterocycles. The number of pyridine rings is 1. The van der Waals surface area contributed by atoms with Crippen LogP contribution in [-0.2, 0) is 10.1 Å². The van der Waals surface area contributed by atoms with Crippen molar-refractivity contribution in [2.24, 2.45) is 0 Å². The van der Waals surface area contributed by atoms with Gasteiger partial charge < -0.3 is 0 Å². The van der Waals surface area contributed by atoms with Crippen LogP contribution in [0.25, 0.3) is 0 Å². The number of carbonyl (C=O) groups is 1. The maximum Gasteiger partial charge on any atom is 0.279 e. The summed E-state index contributed by atoms with van der Waals surface area (Å²) < 4.78 is 28.9. The zero-order valence-electron chi connectivity index (χ0n) is 8.54. The van der Waals surface area contributed by atoms with Gasteiger partial charge in [-0.1, -0.05) is 0 Å². The number of rotatable bonds is 4. The molecular weight excluding hydrogens is 245 g/mol. The van der Waals surface area contributed by atoms with Crippen molar-refractivity contribution in [3.05, 3.63) is 30.1 Å². The summed E-state index contributed by atoms with van der Waals surface area (Å²) in [5.41, 5.74) is 4.49. The van der Waals surface area contributed by atoms with Crippen molar-refractivity contribution in [1.82, 2.24) is 15.8 Å². The predicted octanol–water partition coefficient (Wildman–Crippen LogP) is -1.22. The van der Waals surface area contributed by atoms with Crippen LogP contribution < -0.4 is 10.9 Å². The van der Waals surface area contributed by atoms with E-state index in [4.69, 9.17) is 4.55 Å². The molecular formula is C7H9N3NaO4S. The third-order valence-electron chi connectivity index (χ3n) is 1.40. The molecule has 7 nitrogen and oxygen atoms in total. The molecule has 0 fully saturated rings. The average Bonchev–Trinajstić information content (AvgIpc) is 2.17. The van der Waals surface area contributed by atoms with E-state index >= 15 is 0 Å². The summed E-state index contributed by atoms with van der Waals surface area (Å²) in [6.45, 7) is 0. The molecule has 0 unspecified atom stereocenters. The molecule has 0 aliphatic heterocycles. The Morgan fingerprint density at radius 1 is 1.38 bits per heavy atom. The number of amides is 1. The van der Waals surface area contributed by atoms with Crippen LogP contribution in [0, 0.1) is 0 Å². The second-order valence-electron chi connectivity index (χ2n) is 2.59. The van der Waals surface area contributed by atoms with Crippen molar-refractivity contribution < 1.29 is 17.8 Å². The molecule has 0 aliphatic carbocycles. The Labute approximate surface area is 115 Å². The first kappa shape index (κ1) is 15.5. The summed E-state index contributed by atoms with van der Waals surface area (Å²) in [5, 5.41) is 0. The number of nitrogens with zero attached hydrogens (tertiary/aromatic N) is 1. The standard InChI is InChI=1S/C7H9N3O4S.Na/c11-7(6-1-3-8-4-2-6)10-9-5-15(12,13)14;/h1-4,9H,5H2,(H,10,11)(H,12,13,14);. The second-order valence-corrected chi connectivity index (χ2v) is 4.05. The molecule has 83 valence electrons. The van der Waals surface area contributed by atoms with Gasteiger partial charge >= 0.3 is 0 Å². The quantitative estimate of drug-likeness (QED) is 0.353. The Balaban J connectivity index is 0.00000225. The van der Waals surface area contributed by atoms with Crippen LogP contribution in [0.4, 0.5) is 0 Å². The van der Waals surface area contributed by atoms with Crippen LogP contribution in [0.2, 0.25) is 0 Å². The van der Waals surface area contributed by atoms with Gasteiger partial charge in [0.15, 0.2) is 0 Å². The minimum Gasteiger partial charge on any atom is -0.286 e. The Morgan fingerprint density at radius 3 is 2.44 bits per heavy atom. The summed E-state index contributed by atoms with van der Waals surface area (Å²) in [6.07, 6.45) is 2.86. The van der Waals surface area contributed by atoms with Gasteiger partial charge in [0, 0.05) is 47.5 Å². The number of hydrogen-bond donors (Lipinski definition) is 3. The number of hydrazine groups is 1. The predicted molar refractivity (Wildman–Crippen MR) is 57.0 cm³/mol. The molecule has 16 heavy (non-hydrogen) atoms. The van der Waals surface area contributed by atoms with Gasteiger partial charge in [0.2, 0.25) is 0 Å². The largest absolute Gasteiger partial charge is 0.286 e. The molecule has 3 N–H and O–H groups in total. The minimum absolute atomic E-state index is 0. The summed E-state index contributed by atoms with van der Waals surface area (Å²) in [5.74, 6) is -1.26. The molecule has 0 atom stereocenters. The van der Waals surface area contributed by atoms with E-state index in [9.17, 15) is 13.2 Å². The molecule has 0 aromatic carbocycles. The van der Waals surface area contributed by atoms with Crippen molar-refractivity contribution in [3.8, 4) is 0 Å². The van der Waals surface area contributed by atoms with Gasteiger partial charge in [-0.3, -0.25) is 19.8 Å². The van der Waals surface area contributed by atoms with E-state index in [0.29, 0.717) is 5.56 Å². The van der Waals surface area contributed by atoms with Gasteiger partial charge in [0.25, 0.3) is 16.0 Å². The Bertz CT molecular complexity index is 436. The van der Waals surface area contributed by atoms with E-state index in [-0.39, 0.29) is 29.6 Å². The molecule has 1 aromatic heterocycles. The van der Waals surface area contributed by atoms with Crippen molar-refractivity contribution >= 4 is 45.6 Å². The summed E-state index contributed by atoms with van der Waals surface area (Å²) in [6, 6.07) is 2.93. The first-order valence-corrected chi connectivity index (χ1v) is 5.48. The third-order valence-corrected chi connectivity index (χ3v) is 1.91. The van der Waals surface area contributed by atoms with Crippen LogP contribution in [0.15, 0.2) is 24.5 Å². The van der Waals surface area contributed by atoms with Gasteiger partial charge in [-0.2, -0.15) is 8.42 Å². The van der Waals surface area contributed by atoms with E-state index in [1.165, 1.54) is 24.5 Å². The fraction of sp³-hybridized carbons (Fsp3) is 0.143. The maximum absolute atomic E-state index is 11.3. The third kappa shape index (κ3) is 6.16. The smallest absolute Gasteiger partial charge is 0.279 e. The van der Waals surface area contributed by atoms with Gasteiger partial charge in [-0.25, -0.2) is 5.43 Å². The van der Waals surface area contributed by atoms with E-state index in [0.717, 1.165) is 0 Å². The number of nitrogens with one attached hydrogen (secondary N) is 2. The zero-order valence-corrected chi connectivity index (χ0v) is 11.4. The van der Waals surface area contributed by atoms with Crippen molar-refractivity contribution in [1.29, 1.82) is 0 Å². The molecule has 0 aliphatic rings. The molecule has 1 aromatic rings. The second kappa shape index (κ2) is 6.94. The fourth-order valence-corrected chi connectivity index (χ4v) is 1.04. The topological polar surface area (TPSA) is 108 Å². The Morgan fingerprint density at radius 2 is 1.94 bits per heavy atom. The molecule has 0 bridgehead atoms. The minimum atomic E-state index is -4.14. The molecule has 0 spiro atoms. The fourth-order valence-electron chi connectivity index (χ4n) is 0.783. The maximum atomic E-state index is 11.3. The zero-order chi connectivity index (χ0) is 11.3. The molecule has 9 heteroatoms. The van der Waals surface area contributed by atoms with E-state index in [1.54, 1.807) is 0 Å². The monoisotopic (exact) mass is 254 g/mol. The van der Waals surface area contributed by atoms with E-state index < -0.39 is 21.9 Å². The number of hydrogen-bond acceptors (Lipinski definition) is 5. The molecule has 0 saturated carbocycles. The van der Waals surface area contributed by atoms with Crippen LogP contribution in [0.1, 0.15) is 10.4 Å². The van der Waals surface area contributed by atoms with Crippen molar-refractivity contribution in [2.75, 3.05) is 5.88 Å². The van der Waals surface area contributed by atoms with Crippen LogP contribution in [0.3, 0.4) is 0 Å². The Hall–Kier alpha value is -0.510. The Kier molecular flexibility index (Phi) is 6.72. The van der Waals surface area contributed by atoms with Crippen LogP contribution >= 0.6 is 0 Å². The van der Waals surface area contributed by atoms with Crippen molar-refractivity contribution in [3.63, 3.8) is 0 Å². The number of carbonyl (C=O) groups excluding carboxylic acids is 1. The SMILES string of the molecule is O=C(NNCS(=O)(=O)O)c1ccncc1.[Na]. The van der Waals surface area contributed by atoms with Gasteiger partial charge in [0.1, 0.15) is 5.88 Å². The molecule has 1 amide bonds. The first-order chi connectivity index (χ1) is 6.99. The van der Waals surface area contributed by atoms with Crippen LogP contribution in [-0.4, -0.2) is 59.3 Å². The molecule has 1 radical (unpaired) electrons. The molecule has 1 rings (SSSR count). The van der Waals surface area contributed by atoms with Gasteiger partial charge in [-0.15, -0.1) is 0 Å². The first-order valence-electron chi connectivity index (χ1n) is 3.87. The summed E-state index contributed by atoms with van der Waals surface area (Å²) >= 11 is 0. The normalized spacial score (nSPS) is 10.3. The summed E-state index contributed by atoms with van der Waals surface area (Å²) in [4.78, 5) is 15.0. The van der Waals surface area contributed by atoms with E-state index in [2.05, 4.69) is 15.8 Å². The van der Waals surface area contributed by atoms with Crippen LogP contribution in [0.5, 0.6) is 0 Å². The average molecular weight is 254 g/mol. The molecule has 0 saturated heterocycles. The van der Waals surface area contributed by atoms with Gasteiger partial charge in [0.05, 0.1) is 0 Å². The van der Waals surface area contributed by atoms with E-state index in [1.807, 2.05) is 0 Å². The summed E-state index contributed by atoms with van der Waals surface area (Å²) in [7, 11) is -4.14.